The molecule has 1 saturated heterocycles. The Hall–Kier alpha value is -0.610. The highest BCUT2D eigenvalue weighted by atomic mass is 17.1. The number of hydrogen-bond acceptors (Lipinski definition) is 4. The zero-order chi connectivity index (χ0) is 11.1. The molecule has 15 heavy (non-hydrogen) atoms. The fourth-order valence-electron chi connectivity index (χ4n) is 2.15. The van der Waals surface area contributed by atoms with Gasteiger partial charge in [-0.25, -0.2) is 4.79 Å². The molecule has 1 rings (SSSR count). The molecule has 0 spiro atoms. The molecular formula is C11H21NO3. The molecule has 0 aromatic carbocycles. The molecular weight excluding hydrogens is 194 g/mol. The maximum absolute atomic E-state index is 11.3. The van der Waals surface area contributed by atoms with E-state index in [-0.39, 0.29) is 6.04 Å². The van der Waals surface area contributed by atoms with Gasteiger partial charge in [0.05, 0.1) is 0 Å². The molecule has 0 aromatic heterocycles. The van der Waals surface area contributed by atoms with Crippen LogP contribution in [0.1, 0.15) is 45.4 Å². The van der Waals surface area contributed by atoms with Crippen LogP contribution in [0.3, 0.4) is 0 Å². The second-order valence-corrected chi connectivity index (χ2v) is 4.16. The number of carbonyl (C=O) groups is 1. The lowest BCUT2D eigenvalue weighted by molar-refractivity contribution is -0.240. The first-order valence-corrected chi connectivity index (χ1v) is 5.89. The van der Waals surface area contributed by atoms with Gasteiger partial charge in [-0.05, 0) is 32.4 Å². The lowest BCUT2D eigenvalue weighted by Gasteiger charge is -2.33. The largest absolute Gasteiger partial charge is 0.359 e. The van der Waals surface area contributed by atoms with Gasteiger partial charge in [0.2, 0.25) is 0 Å². The van der Waals surface area contributed by atoms with Gasteiger partial charge in [-0.3, -0.25) is 9.79 Å². The number of unbranched alkanes of at least 4 members (excludes halogenated alkanes) is 2. The lowest BCUT2D eigenvalue weighted by Crippen LogP contribution is -2.45. The van der Waals surface area contributed by atoms with Gasteiger partial charge in [0.25, 0.3) is 0 Å². The summed E-state index contributed by atoms with van der Waals surface area (Å²) in [6.45, 7) is 4.05. The average Bonchev–Trinajstić information content (AvgIpc) is 2.29. The quantitative estimate of drug-likeness (QED) is 0.433. The molecule has 0 saturated carbocycles. The molecule has 1 aliphatic heterocycles. The minimum atomic E-state index is -0.494. The Morgan fingerprint density at radius 1 is 1.47 bits per heavy atom. The number of carbonyl (C=O) groups excluding carboxylic acids is 1. The summed E-state index contributed by atoms with van der Waals surface area (Å²) in [5, 5.41) is 8.40. The fraction of sp³-hybridized carbons (Fsp3) is 0.909. The van der Waals surface area contributed by atoms with Crippen LogP contribution < -0.4 is 0 Å². The standard InChI is InChI=1S/C11H21NO3/c1-2-3-5-8-12-9-6-4-7-10(12)11(13)15-14/h10,14H,2-9H2,1H3. The molecule has 0 aromatic rings. The molecule has 1 fully saturated rings. The van der Waals surface area contributed by atoms with Gasteiger partial charge in [0, 0.05) is 0 Å². The molecule has 1 atom stereocenters. The van der Waals surface area contributed by atoms with E-state index < -0.39 is 5.97 Å². The van der Waals surface area contributed by atoms with Crippen molar-refractivity contribution in [1.29, 1.82) is 0 Å². The Bertz CT molecular complexity index is 196. The van der Waals surface area contributed by atoms with E-state index in [0.717, 1.165) is 38.8 Å². The van der Waals surface area contributed by atoms with Gasteiger partial charge in [0.15, 0.2) is 0 Å². The number of likely N-dealkylation sites (tertiary alicyclic amines) is 1. The summed E-state index contributed by atoms with van der Waals surface area (Å²) < 4.78 is 0. The maximum atomic E-state index is 11.3. The van der Waals surface area contributed by atoms with Crippen molar-refractivity contribution in [1.82, 2.24) is 4.90 Å². The predicted octanol–water partition coefficient (Wildman–Crippen LogP) is 2.05. The first-order chi connectivity index (χ1) is 7.29. The summed E-state index contributed by atoms with van der Waals surface area (Å²) in [6.07, 6.45) is 6.49. The van der Waals surface area contributed by atoms with Gasteiger partial charge in [-0.15, -0.1) is 0 Å². The Labute approximate surface area is 91.1 Å². The van der Waals surface area contributed by atoms with E-state index in [4.69, 9.17) is 5.26 Å². The average molecular weight is 215 g/mol. The number of nitrogens with zero attached hydrogens (tertiary/aromatic N) is 1. The molecule has 1 heterocycles. The molecule has 4 nitrogen and oxygen atoms in total. The molecule has 0 amide bonds. The van der Waals surface area contributed by atoms with Crippen LogP contribution in [0.25, 0.3) is 0 Å². The molecule has 0 radical (unpaired) electrons. The fourth-order valence-corrected chi connectivity index (χ4v) is 2.15. The number of piperidine rings is 1. The van der Waals surface area contributed by atoms with Crippen molar-refractivity contribution in [2.75, 3.05) is 13.1 Å². The molecule has 1 aliphatic rings. The monoisotopic (exact) mass is 215 g/mol. The molecule has 0 bridgehead atoms. The first-order valence-electron chi connectivity index (χ1n) is 5.89. The van der Waals surface area contributed by atoms with Gasteiger partial charge in [-0.2, -0.15) is 5.26 Å². The van der Waals surface area contributed by atoms with Crippen molar-refractivity contribution in [3.63, 3.8) is 0 Å². The Balaban J connectivity index is 2.39. The van der Waals surface area contributed by atoms with Crippen molar-refractivity contribution in [2.24, 2.45) is 0 Å². The van der Waals surface area contributed by atoms with Gasteiger partial charge >= 0.3 is 5.97 Å². The lowest BCUT2D eigenvalue weighted by atomic mass is 10.0. The van der Waals surface area contributed by atoms with E-state index in [2.05, 4.69) is 16.7 Å². The molecule has 88 valence electrons. The van der Waals surface area contributed by atoms with E-state index in [1.54, 1.807) is 0 Å². The number of rotatable bonds is 5. The van der Waals surface area contributed by atoms with Crippen LogP contribution in [-0.2, 0) is 9.68 Å². The van der Waals surface area contributed by atoms with Crippen LogP contribution in [0.4, 0.5) is 0 Å². The van der Waals surface area contributed by atoms with E-state index in [1.807, 2.05) is 0 Å². The van der Waals surface area contributed by atoms with E-state index in [1.165, 1.54) is 12.8 Å². The number of hydrogen-bond donors (Lipinski definition) is 1. The Kier molecular flexibility index (Phi) is 5.65. The van der Waals surface area contributed by atoms with Crippen LogP contribution in [0, 0.1) is 0 Å². The van der Waals surface area contributed by atoms with E-state index >= 15 is 0 Å². The summed E-state index contributed by atoms with van der Waals surface area (Å²) in [5.74, 6) is -0.494. The Morgan fingerprint density at radius 2 is 2.27 bits per heavy atom. The van der Waals surface area contributed by atoms with E-state index in [0.29, 0.717) is 0 Å². The third-order valence-corrected chi connectivity index (χ3v) is 3.02. The molecule has 1 N–H and O–H groups in total. The minimum absolute atomic E-state index is 0.222. The summed E-state index contributed by atoms with van der Waals surface area (Å²) in [5.41, 5.74) is 0. The van der Waals surface area contributed by atoms with Crippen molar-refractivity contribution >= 4 is 5.97 Å². The van der Waals surface area contributed by atoms with Crippen LogP contribution in [0.5, 0.6) is 0 Å². The highest BCUT2D eigenvalue weighted by Crippen LogP contribution is 2.18. The smallest absolute Gasteiger partial charge is 0.299 e. The van der Waals surface area contributed by atoms with Crippen LogP contribution in [0.15, 0.2) is 0 Å². The zero-order valence-corrected chi connectivity index (χ0v) is 9.45. The zero-order valence-electron chi connectivity index (χ0n) is 9.45. The Morgan fingerprint density at radius 3 is 2.93 bits per heavy atom. The van der Waals surface area contributed by atoms with Crippen LogP contribution in [-0.4, -0.2) is 35.3 Å². The topological polar surface area (TPSA) is 49.8 Å². The molecule has 4 heteroatoms. The molecule has 0 aliphatic carbocycles. The highest BCUT2D eigenvalue weighted by Gasteiger charge is 2.29. The second-order valence-electron chi connectivity index (χ2n) is 4.16. The summed E-state index contributed by atoms with van der Waals surface area (Å²) in [6, 6.07) is -0.222. The summed E-state index contributed by atoms with van der Waals surface area (Å²) in [4.78, 5) is 17.3. The van der Waals surface area contributed by atoms with Crippen LogP contribution >= 0.6 is 0 Å². The van der Waals surface area contributed by atoms with Crippen molar-refractivity contribution in [2.45, 2.75) is 51.5 Å². The van der Waals surface area contributed by atoms with Crippen molar-refractivity contribution < 1.29 is 14.9 Å². The second kappa shape index (κ2) is 6.80. The van der Waals surface area contributed by atoms with Crippen LogP contribution in [0.2, 0.25) is 0 Å². The van der Waals surface area contributed by atoms with Gasteiger partial charge in [-0.1, -0.05) is 26.2 Å². The predicted molar refractivity (Wildman–Crippen MR) is 57.5 cm³/mol. The first kappa shape index (κ1) is 12.5. The summed E-state index contributed by atoms with van der Waals surface area (Å²) in [7, 11) is 0. The normalized spacial score (nSPS) is 22.7. The molecule has 1 unspecified atom stereocenters. The van der Waals surface area contributed by atoms with Crippen molar-refractivity contribution in [3.05, 3.63) is 0 Å². The van der Waals surface area contributed by atoms with E-state index in [9.17, 15) is 4.79 Å². The van der Waals surface area contributed by atoms with Crippen molar-refractivity contribution in [3.8, 4) is 0 Å². The third kappa shape index (κ3) is 3.80. The van der Waals surface area contributed by atoms with Gasteiger partial charge < -0.3 is 0 Å². The third-order valence-electron chi connectivity index (χ3n) is 3.02. The van der Waals surface area contributed by atoms with Gasteiger partial charge in [0.1, 0.15) is 6.04 Å². The maximum Gasteiger partial charge on any atom is 0.359 e. The SMILES string of the molecule is CCCCCN1CCCCC1C(=O)OO. The highest BCUT2D eigenvalue weighted by molar-refractivity contribution is 5.75. The minimum Gasteiger partial charge on any atom is -0.299 e. The summed E-state index contributed by atoms with van der Waals surface area (Å²) >= 11 is 0.